The summed E-state index contributed by atoms with van der Waals surface area (Å²) in [7, 11) is 0. The molecule has 2 amide bonds. The third-order valence-electron chi connectivity index (χ3n) is 6.67. The van der Waals surface area contributed by atoms with Crippen molar-refractivity contribution in [3.8, 4) is 11.5 Å². The van der Waals surface area contributed by atoms with Gasteiger partial charge in [-0.15, -0.1) is 0 Å². The van der Waals surface area contributed by atoms with Crippen LogP contribution in [-0.4, -0.2) is 41.6 Å². The molecule has 0 saturated carbocycles. The topological polar surface area (TPSA) is 80.8 Å². The standard InChI is InChI=1S/C26H27N3O4/c1-16-20-5-3-4-6-22(20)27-17(2)21(16)14-25(30)29-11-9-18(10-12-29)26(31)28-19-7-8-23-24(13-19)33-15-32-23/h3-8,13,18H,9-12,14-15H2,1-2H3,(H,28,31). The number of aryl methyl sites for hydroxylation is 2. The largest absolute Gasteiger partial charge is 0.454 e. The highest BCUT2D eigenvalue weighted by Gasteiger charge is 2.28. The molecule has 0 spiro atoms. The van der Waals surface area contributed by atoms with Gasteiger partial charge in [0.05, 0.1) is 11.9 Å². The minimum Gasteiger partial charge on any atom is -0.454 e. The Kier molecular flexibility index (Phi) is 5.62. The van der Waals surface area contributed by atoms with Crippen molar-refractivity contribution in [3.05, 3.63) is 59.3 Å². The van der Waals surface area contributed by atoms with Crippen LogP contribution in [0.4, 0.5) is 5.69 Å². The molecule has 1 N–H and O–H groups in total. The van der Waals surface area contributed by atoms with E-state index in [1.54, 1.807) is 12.1 Å². The number of anilines is 1. The van der Waals surface area contributed by atoms with Crippen LogP contribution in [0.25, 0.3) is 10.9 Å². The first-order valence-corrected chi connectivity index (χ1v) is 11.3. The van der Waals surface area contributed by atoms with Gasteiger partial charge < -0.3 is 19.7 Å². The first kappa shape index (κ1) is 21.2. The molecule has 0 radical (unpaired) electrons. The quantitative estimate of drug-likeness (QED) is 0.657. The Morgan fingerprint density at radius 3 is 2.64 bits per heavy atom. The summed E-state index contributed by atoms with van der Waals surface area (Å²) in [5, 5.41) is 4.06. The molecule has 0 aliphatic carbocycles. The highest BCUT2D eigenvalue weighted by Crippen LogP contribution is 2.34. The maximum atomic E-state index is 13.1. The highest BCUT2D eigenvalue weighted by molar-refractivity contribution is 5.93. The SMILES string of the molecule is Cc1nc2ccccc2c(C)c1CC(=O)N1CCC(C(=O)Nc2ccc3c(c2)OCO3)CC1. The second kappa shape index (κ2) is 8.73. The zero-order valence-corrected chi connectivity index (χ0v) is 18.9. The van der Waals surface area contributed by atoms with E-state index in [9.17, 15) is 9.59 Å². The first-order chi connectivity index (χ1) is 16.0. The van der Waals surface area contributed by atoms with Gasteiger partial charge in [-0.1, -0.05) is 18.2 Å². The van der Waals surface area contributed by atoms with Crippen LogP contribution in [0.1, 0.15) is 29.7 Å². The van der Waals surface area contributed by atoms with Crippen LogP contribution in [0.2, 0.25) is 0 Å². The number of likely N-dealkylation sites (tertiary alicyclic amines) is 1. The van der Waals surface area contributed by atoms with Crippen molar-refractivity contribution in [2.45, 2.75) is 33.1 Å². The Balaban J connectivity index is 1.19. The summed E-state index contributed by atoms with van der Waals surface area (Å²) in [4.78, 5) is 32.4. The predicted molar refractivity (Wildman–Crippen MR) is 125 cm³/mol. The van der Waals surface area contributed by atoms with E-state index in [1.807, 2.05) is 36.1 Å². The van der Waals surface area contributed by atoms with E-state index < -0.39 is 0 Å². The molecule has 0 bridgehead atoms. The van der Waals surface area contributed by atoms with Crippen LogP contribution in [0.5, 0.6) is 11.5 Å². The number of nitrogens with one attached hydrogen (secondary N) is 1. The van der Waals surface area contributed by atoms with Gasteiger partial charge in [0.1, 0.15) is 0 Å². The number of rotatable bonds is 4. The van der Waals surface area contributed by atoms with E-state index in [1.165, 1.54) is 0 Å². The maximum Gasteiger partial charge on any atom is 0.231 e. The van der Waals surface area contributed by atoms with Crippen molar-refractivity contribution >= 4 is 28.4 Å². The molecule has 2 aliphatic rings. The number of amides is 2. The molecule has 7 nitrogen and oxygen atoms in total. The summed E-state index contributed by atoms with van der Waals surface area (Å²) in [6.45, 7) is 5.39. The number of hydrogen-bond acceptors (Lipinski definition) is 5. The van der Waals surface area contributed by atoms with E-state index in [-0.39, 0.29) is 24.5 Å². The molecule has 3 aromatic rings. The number of benzene rings is 2. The van der Waals surface area contributed by atoms with Gasteiger partial charge in [0.2, 0.25) is 18.6 Å². The molecule has 2 aliphatic heterocycles. The first-order valence-electron chi connectivity index (χ1n) is 11.3. The van der Waals surface area contributed by atoms with Crippen molar-refractivity contribution in [3.63, 3.8) is 0 Å². The van der Waals surface area contributed by atoms with Gasteiger partial charge in [-0.25, -0.2) is 0 Å². The molecule has 2 aromatic carbocycles. The molecular weight excluding hydrogens is 418 g/mol. The summed E-state index contributed by atoms with van der Waals surface area (Å²) >= 11 is 0. The molecule has 0 atom stereocenters. The predicted octanol–water partition coefficient (Wildman–Crippen LogP) is 4.00. The molecular formula is C26H27N3O4. The van der Waals surface area contributed by atoms with Crippen molar-refractivity contribution in [2.75, 3.05) is 25.2 Å². The molecule has 170 valence electrons. The number of piperidine rings is 1. The Labute approximate surface area is 192 Å². The molecule has 3 heterocycles. The van der Waals surface area contributed by atoms with Crippen LogP contribution >= 0.6 is 0 Å². The fraction of sp³-hybridized carbons (Fsp3) is 0.346. The lowest BCUT2D eigenvalue weighted by molar-refractivity contribution is -0.133. The highest BCUT2D eigenvalue weighted by atomic mass is 16.7. The number of pyridine rings is 1. The molecule has 1 saturated heterocycles. The summed E-state index contributed by atoms with van der Waals surface area (Å²) < 4.78 is 10.7. The van der Waals surface area contributed by atoms with Crippen LogP contribution < -0.4 is 14.8 Å². The van der Waals surface area contributed by atoms with Crippen molar-refractivity contribution in [2.24, 2.45) is 5.92 Å². The van der Waals surface area contributed by atoms with Gasteiger partial charge in [-0.05, 0) is 56.0 Å². The number of carbonyl (C=O) groups excluding carboxylic acids is 2. The second-order valence-corrected chi connectivity index (χ2v) is 8.71. The Bertz CT molecular complexity index is 1230. The molecule has 5 rings (SSSR count). The average molecular weight is 446 g/mol. The van der Waals surface area contributed by atoms with Crippen LogP contribution in [-0.2, 0) is 16.0 Å². The molecule has 33 heavy (non-hydrogen) atoms. The Morgan fingerprint density at radius 1 is 1.06 bits per heavy atom. The van der Waals surface area contributed by atoms with Crippen molar-refractivity contribution in [1.29, 1.82) is 0 Å². The molecule has 0 unspecified atom stereocenters. The fourth-order valence-electron chi connectivity index (χ4n) is 4.70. The minimum atomic E-state index is -0.120. The lowest BCUT2D eigenvalue weighted by atomic mass is 9.94. The average Bonchev–Trinajstić information content (AvgIpc) is 3.29. The van der Waals surface area contributed by atoms with E-state index in [2.05, 4.69) is 18.3 Å². The van der Waals surface area contributed by atoms with Crippen molar-refractivity contribution in [1.82, 2.24) is 9.88 Å². The van der Waals surface area contributed by atoms with E-state index >= 15 is 0 Å². The molecule has 1 aromatic heterocycles. The minimum absolute atomic E-state index is 0.0219. The zero-order valence-electron chi connectivity index (χ0n) is 18.9. The van der Waals surface area contributed by atoms with Crippen LogP contribution in [0.3, 0.4) is 0 Å². The second-order valence-electron chi connectivity index (χ2n) is 8.71. The lowest BCUT2D eigenvalue weighted by Gasteiger charge is -2.31. The maximum absolute atomic E-state index is 13.1. The summed E-state index contributed by atoms with van der Waals surface area (Å²) in [5.74, 6) is 1.28. The van der Waals surface area contributed by atoms with E-state index in [0.717, 1.165) is 27.7 Å². The Hall–Kier alpha value is -3.61. The number of carbonyl (C=O) groups is 2. The number of hydrogen-bond donors (Lipinski definition) is 1. The van der Waals surface area contributed by atoms with Gasteiger partial charge in [0.25, 0.3) is 0 Å². The summed E-state index contributed by atoms with van der Waals surface area (Å²) in [5.41, 5.74) is 4.67. The number of para-hydroxylation sites is 1. The third kappa shape index (κ3) is 4.23. The number of fused-ring (bicyclic) bond motifs is 2. The fourth-order valence-corrected chi connectivity index (χ4v) is 4.70. The summed E-state index contributed by atoms with van der Waals surface area (Å²) in [6, 6.07) is 13.4. The van der Waals surface area contributed by atoms with Crippen LogP contribution in [0, 0.1) is 19.8 Å². The van der Waals surface area contributed by atoms with Gasteiger partial charge in [0, 0.05) is 41.8 Å². The Morgan fingerprint density at radius 2 is 1.82 bits per heavy atom. The smallest absolute Gasteiger partial charge is 0.231 e. The monoisotopic (exact) mass is 445 g/mol. The van der Waals surface area contributed by atoms with E-state index in [4.69, 9.17) is 14.5 Å². The number of nitrogens with zero attached hydrogens (tertiary/aromatic N) is 2. The molecule has 7 heteroatoms. The van der Waals surface area contributed by atoms with Crippen LogP contribution in [0.15, 0.2) is 42.5 Å². The third-order valence-corrected chi connectivity index (χ3v) is 6.67. The lowest BCUT2D eigenvalue weighted by Crippen LogP contribution is -2.42. The van der Waals surface area contributed by atoms with Gasteiger partial charge in [0.15, 0.2) is 11.5 Å². The zero-order chi connectivity index (χ0) is 22.9. The molecule has 1 fully saturated rings. The van der Waals surface area contributed by atoms with Gasteiger partial charge in [-0.3, -0.25) is 14.6 Å². The number of ether oxygens (including phenoxy) is 2. The van der Waals surface area contributed by atoms with Crippen molar-refractivity contribution < 1.29 is 19.1 Å². The normalized spacial score (nSPS) is 15.6. The van der Waals surface area contributed by atoms with Gasteiger partial charge in [-0.2, -0.15) is 0 Å². The number of aromatic nitrogens is 1. The van der Waals surface area contributed by atoms with Gasteiger partial charge >= 0.3 is 0 Å². The van der Waals surface area contributed by atoms with E-state index in [0.29, 0.717) is 49.5 Å². The summed E-state index contributed by atoms with van der Waals surface area (Å²) in [6.07, 6.45) is 1.63.